The van der Waals surface area contributed by atoms with Gasteiger partial charge in [-0.15, -0.1) is 0 Å². The molecule has 0 saturated heterocycles. The summed E-state index contributed by atoms with van der Waals surface area (Å²) in [5.41, 5.74) is 0.856. The van der Waals surface area contributed by atoms with Gasteiger partial charge in [-0.25, -0.2) is 4.39 Å². The van der Waals surface area contributed by atoms with Crippen LogP contribution in [0.2, 0.25) is 0 Å². The van der Waals surface area contributed by atoms with Gasteiger partial charge in [0.15, 0.2) is 0 Å². The fourth-order valence-electron chi connectivity index (χ4n) is 0.804. The van der Waals surface area contributed by atoms with E-state index in [2.05, 4.69) is 6.58 Å². The molecule has 1 aromatic rings. The maximum absolute atomic E-state index is 12.4. The van der Waals surface area contributed by atoms with Crippen molar-refractivity contribution in [3.63, 3.8) is 0 Å². The molecule has 0 aliphatic rings. The van der Waals surface area contributed by atoms with E-state index in [1.54, 1.807) is 12.1 Å². The second-order valence-corrected chi connectivity index (χ2v) is 3.70. The number of halogens is 1. The SMILES string of the molecule is C=CS(=O)Cc1ccc(F)cc1. The molecule has 12 heavy (non-hydrogen) atoms. The topological polar surface area (TPSA) is 17.1 Å². The van der Waals surface area contributed by atoms with Crippen LogP contribution in [0.1, 0.15) is 5.56 Å². The quantitative estimate of drug-likeness (QED) is 0.704. The molecule has 1 atom stereocenters. The van der Waals surface area contributed by atoms with Gasteiger partial charge in [-0.1, -0.05) is 18.7 Å². The largest absolute Gasteiger partial charge is 0.255 e. The molecule has 0 aliphatic heterocycles. The number of rotatable bonds is 3. The average molecular weight is 184 g/mol. The lowest BCUT2D eigenvalue weighted by atomic mass is 10.2. The molecule has 0 radical (unpaired) electrons. The van der Waals surface area contributed by atoms with Crippen molar-refractivity contribution in [1.29, 1.82) is 0 Å². The van der Waals surface area contributed by atoms with Crippen LogP contribution >= 0.6 is 0 Å². The van der Waals surface area contributed by atoms with E-state index in [1.165, 1.54) is 17.5 Å². The smallest absolute Gasteiger partial charge is 0.123 e. The van der Waals surface area contributed by atoms with Crippen LogP contribution in [0.3, 0.4) is 0 Å². The second kappa shape index (κ2) is 4.16. The summed E-state index contributed by atoms with van der Waals surface area (Å²) in [5.74, 6) is 0.132. The monoisotopic (exact) mass is 184 g/mol. The lowest BCUT2D eigenvalue weighted by Crippen LogP contribution is -1.90. The Morgan fingerprint density at radius 3 is 2.50 bits per heavy atom. The van der Waals surface area contributed by atoms with Gasteiger partial charge in [0.05, 0.1) is 5.75 Å². The molecule has 64 valence electrons. The average Bonchev–Trinajstić information content (AvgIpc) is 2.09. The lowest BCUT2D eigenvalue weighted by Gasteiger charge is -1.96. The van der Waals surface area contributed by atoms with Crippen LogP contribution < -0.4 is 0 Å². The Kier molecular flexibility index (Phi) is 3.17. The van der Waals surface area contributed by atoms with Gasteiger partial charge in [0, 0.05) is 10.8 Å². The summed E-state index contributed by atoms with van der Waals surface area (Å²) >= 11 is 0. The summed E-state index contributed by atoms with van der Waals surface area (Å²) in [5, 5.41) is 1.38. The van der Waals surface area contributed by atoms with Crippen molar-refractivity contribution in [2.24, 2.45) is 0 Å². The first-order chi connectivity index (χ1) is 5.72. The Bertz CT molecular complexity index is 292. The van der Waals surface area contributed by atoms with Crippen LogP contribution in [0.5, 0.6) is 0 Å². The van der Waals surface area contributed by atoms with Crippen molar-refractivity contribution < 1.29 is 8.60 Å². The van der Waals surface area contributed by atoms with Crippen molar-refractivity contribution in [3.05, 3.63) is 47.6 Å². The van der Waals surface area contributed by atoms with Crippen LogP contribution in [0.15, 0.2) is 36.3 Å². The number of benzene rings is 1. The maximum Gasteiger partial charge on any atom is 0.123 e. The van der Waals surface area contributed by atoms with Gasteiger partial charge in [-0.05, 0) is 23.1 Å². The van der Waals surface area contributed by atoms with E-state index in [9.17, 15) is 8.60 Å². The third-order valence-electron chi connectivity index (χ3n) is 1.41. The van der Waals surface area contributed by atoms with Crippen molar-refractivity contribution in [2.75, 3.05) is 0 Å². The van der Waals surface area contributed by atoms with E-state index in [4.69, 9.17) is 0 Å². The maximum atomic E-state index is 12.4. The molecule has 0 aliphatic carbocycles. The Labute approximate surface area is 73.4 Å². The second-order valence-electron chi connectivity index (χ2n) is 2.32. The van der Waals surface area contributed by atoms with E-state index >= 15 is 0 Å². The first-order valence-electron chi connectivity index (χ1n) is 3.46. The molecule has 0 heterocycles. The fourth-order valence-corrected chi connectivity index (χ4v) is 1.44. The lowest BCUT2D eigenvalue weighted by molar-refractivity contribution is 0.627. The molecule has 1 nitrogen and oxygen atoms in total. The highest BCUT2D eigenvalue weighted by Gasteiger charge is 1.96. The van der Waals surface area contributed by atoms with Gasteiger partial charge in [0.25, 0.3) is 0 Å². The Morgan fingerprint density at radius 2 is 2.00 bits per heavy atom. The minimum atomic E-state index is -1.04. The van der Waals surface area contributed by atoms with Gasteiger partial charge in [0.1, 0.15) is 5.82 Å². The third kappa shape index (κ3) is 2.58. The molecule has 0 spiro atoms. The highest BCUT2D eigenvalue weighted by atomic mass is 32.2. The Balaban J connectivity index is 2.71. The van der Waals surface area contributed by atoms with Gasteiger partial charge in [-0.3, -0.25) is 4.21 Å². The number of hydrogen-bond donors (Lipinski definition) is 0. The normalized spacial score (nSPS) is 12.4. The van der Waals surface area contributed by atoms with Crippen LogP contribution in [0, 0.1) is 5.82 Å². The van der Waals surface area contributed by atoms with Crippen LogP contribution in [-0.4, -0.2) is 4.21 Å². The van der Waals surface area contributed by atoms with Crippen LogP contribution in [0.25, 0.3) is 0 Å². The predicted octanol–water partition coefficient (Wildman–Crippen LogP) is 2.22. The summed E-state index contributed by atoms with van der Waals surface area (Å²) in [6, 6.07) is 5.96. The zero-order valence-corrected chi connectivity index (χ0v) is 7.31. The molecule has 0 aromatic heterocycles. The summed E-state index contributed by atoms with van der Waals surface area (Å²) in [6.45, 7) is 3.40. The molecule has 1 unspecified atom stereocenters. The molecule has 0 amide bonds. The van der Waals surface area contributed by atoms with E-state index in [0.717, 1.165) is 5.56 Å². The van der Waals surface area contributed by atoms with Crippen LogP contribution in [0.4, 0.5) is 4.39 Å². The molecule has 0 saturated carbocycles. The van der Waals surface area contributed by atoms with Crippen molar-refractivity contribution >= 4 is 10.8 Å². The highest BCUT2D eigenvalue weighted by Crippen LogP contribution is 2.05. The zero-order chi connectivity index (χ0) is 8.97. The summed E-state index contributed by atoms with van der Waals surface area (Å²) in [6.07, 6.45) is 0. The van der Waals surface area contributed by atoms with Gasteiger partial charge in [-0.2, -0.15) is 0 Å². The first-order valence-corrected chi connectivity index (χ1v) is 4.85. The number of hydrogen-bond acceptors (Lipinski definition) is 1. The van der Waals surface area contributed by atoms with Crippen molar-refractivity contribution in [3.8, 4) is 0 Å². The van der Waals surface area contributed by atoms with Gasteiger partial charge < -0.3 is 0 Å². The zero-order valence-electron chi connectivity index (χ0n) is 6.50. The molecular weight excluding hydrogens is 175 g/mol. The van der Waals surface area contributed by atoms with Crippen molar-refractivity contribution in [1.82, 2.24) is 0 Å². The molecule has 3 heteroatoms. The first kappa shape index (κ1) is 9.13. The molecule has 1 rings (SSSR count). The molecule has 0 N–H and O–H groups in total. The fraction of sp³-hybridized carbons (Fsp3) is 0.111. The molecule has 0 bridgehead atoms. The van der Waals surface area contributed by atoms with Gasteiger partial charge >= 0.3 is 0 Å². The molecular formula is C9H9FOS. The summed E-state index contributed by atoms with van der Waals surface area (Å²) in [7, 11) is -1.04. The highest BCUT2D eigenvalue weighted by molar-refractivity contribution is 7.87. The molecule has 1 aromatic carbocycles. The van der Waals surface area contributed by atoms with E-state index < -0.39 is 10.8 Å². The van der Waals surface area contributed by atoms with E-state index in [1.807, 2.05) is 0 Å². The summed E-state index contributed by atoms with van der Waals surface area (Å²) < 4.78 is 23.4. The predicted molar refractivity (Wildman–Crippen MR) is 48.4 cm³/mol. The Hall–Kier alpha value is -0.960. The third-order valence-corrected chi connectivity index (χ3v) is 2.40. The van der Waals surface area contributed by atoms with Crippen LogP contribution in [-0.2, 0) is 16.6 Å². The summed E-state index contributed by atoms with van der Waals surface area (Å²) in [4.78, 5) is 0. The van der Waals surface area contributed by atoms with E-state index in [-0.39, 0.29) is 5.82 Å². The standard InChI is InChI=1S/C9H9FOS/c1-2-12(11)7-8-3-5-9(10)6-4-8/h2-6H,1,7H2. The minimum Gasteiger partial charge on any atom is -0.255 e. The Morgan fingerprint density at radius 1 is 1.42 bits per heavy atom. The minimum absolute atomic E-state index is 0.275. The van der Waals surface area contributed by atoms with Gasteiger partial charge in [0.2, 0.25) is 0 Å². The van der Waals surface area contributed by atoms with E-state index in [0.29, 0.717) is 5.75 Å². The molecule has 0 fully saturated rings. The van der Waals surface area contributed by atoms with Crippen molar-refractivity contribution in [2.45, 2.75) is 5.75 Å².